The number of hydrogen-bond acceptors (Lipinski definition) is 6. The quantitative estimate of drug-likeness (QED) is 0.387. The van der Waals surface area contributed by atoms with E-state index in [4.69, 9.17) is 9.47 Å². The number of carbonyl (C=O) groups excluding carboxylic acids is 2. The van der Waals surface area contributed by atoms with Gasteiger partial charge in [-0.2, -0.15) is 5.26 Å². The Balaban J connectivity index is 1.44. The van der Waals surface area contributed by atoms with Gasteiger partial charge in [0.05, 0.1) is 24.7 Å². The van der Waals surface area contributed by atoms with Crippen LogP contribution < -0.4 is 9.64 Å². The number of fused-ring (bicyclic) bond motifs is 1. The topological polar surface area (TPSA) is 86.1 Å². The third-order valence-electron chi connectivity index (χ3n) is 6.67. The molecule has 1 aliphatic rings. The minimum absolute atomic E-state index is 0.00640. The molecule has 0 atom stereocenters. The van der Waals surface area contributed by atoms with Crippen LogP contribution in [0.25, 0.3) is 10.8 Å². The lowest BCUT2D eigenvalue weighted by atomic mass is 10.0. The van der Waals surface area contributed by atoms with Crippen molar-refractivity contribution in [1.82, 2.24) is 9.80 Å². The van der Waals surface area contributed by atoms with Gasteiger partial charge in [-0.1, -0.05) is 18.2 Å². The van der Waals surface area contributed by atoms with Crippen LogP contribution in [-0.4, -0.2) is 67.2 Å². The number of nitrogens with zero attached hydrogens (tertiary/aromatic N) is 4. The highest BCUT2D eigenvalue weighted by atomic mass is 16.6. The number of benzene rings is 3. The van der Waals surface area contributed by atoms with E-state index < -0.39 is 5.60 Å². The van der Waals surface area contributed by atoms with Crippen molar-refractivity contribution in [2.24, 2.45) is 0 Å². The van der Waals surface area contributed by atoms with Crippen molar-refractivity contribution < 1.29 is 19.1 Å². The summed E-state index contributed by atoms with van der Waals surface area (Å²) in [7, 11) is 3.75. The van der Waals surface area contributed by atoms with Gasteiger partial charge in [-0.05, 0) is 93.7 Å². The molecule has 1 heterocycles. The summed E-state index contributed by atoms with van der Waals surface area (Å²) >= 11 is 0. The molecular weight excluding hydrogens is 504 g/mol. The zero-order chi connectivity index (χ0) is 28.9. The normalized spacial score (nSPS) is 14.2. The number of piperidine rings is 1. The van der Waals surface area contributed by atoms with E-state index in [1.807, 2.05) is 100 Å². The van der Waals surface area contributed by atoms with E-state index in [-0.39, 0.29) is 24.6 Å². The predicted octanol–water partition coefficient (Wildman–Crippen LogP) is 5.58. The van der Waals surface area contributed by atoms with Gasteiger partial charge < -0.3 is 24.2 Å². The predicted molar refractivity (Wildman–Crippen MR) is 156 cm³/mol. The summed E-state index contributed by atoms with van der Waals surface area (Å²) < 4.78 is 11.7. The van der Waals surface area contributed by atoms with Crippen molar-refractivity contribution in [3.05, 3.63) is 71.8 Å². The Hall–Kier alpha value is -4.09. The van der Waals surface area contributed by atoms with Crippen LogP contribution in [0.2, 0.25) is 0 Å². The fourth-order valence-corrected chi connectivity index (χ4v) is 4.71. The maximum absolute atomic E-state index is 13.3. The smallest absolute Gasteiger partial charge is 0.410 e. The monoisotopic (exact) mass is 542 g/mol. The molecule has 0 spiro atoms. The van der Waals surface area contributed by atoms with Crippen LogP contribution in [0.15, 0.2) is 60.7 Å². The molecule has 0 unspecified atom stereocenters. The number of amides is 2. The van der Waals surface area contributed by atoms with E-state index in [1.165, 1.54) is 0 Å². The van der Waals surface area contributed by atoms with Gasteiger partial charge in [0.2, 0.25) is 5.91 Å². The summed E-state index contributed by atoms with van der Waals surface area (Å²) in [6, 6.07) is 21.5. The van der Waals surface area contributed by atoms with E-state index in [0.29, 0.717) is 25.2 Å². The van der Waals surface area contributed by atoms with Gasteiger partial charge in [0.1, 0.15) is 17.5 Å². The average molecular weight is 543 g/mol. The van der Waals surface area contributed by atoms with Crippen LogP contribution in [0.4, 0.5) is 10.5 Å². The van der Waals surface area contributed by atoms with Gasteiger partial charge >= 0.3 is 6.09 Å². The molecule has 0 aromatic heterocycles. The molecule has 8 heteroatoms. The molecule has 8 nitrogen and oxygen atoms in total. The first-order chi connectivity index (χ1) is 19.0. The highest BCUT2D eigenvalue weighted by Gasteiger charge is 2.27. The Morgan fingerprint density at radius 3 is 2.27 bits per heavy atom. The lowest BCUT2D eigenvalue weighted by Gasteiger charge is -2.33. The Morgan fingerprint density at radius 2 is 1.65 bits per heavy atom. The van der Waals surface area contributed by atoms with E-state index in [2.05, 4.69) is 6.07 Å². The molecule has 0 aliphatic carbocycles. The van der Waals surface area contributed by atoms with Crippen LogP contribution in [0.1, 0.15) is 44.7 Å². The minimum Gasteiger partial charge on any atom is -0.490 e. The fourth-order valence-electron chi connectivity index (χ4n) is 4.71. The molecule has 0 bridgehead atoms. The second kappa shape index (κ2) is 12.4. The molecule has 4 rings (SSSR count). The fraction of sp³-hybridized carbons (Fsp3) is 0.406. The Bertz CT molecular complexity index is 1380. The molecule has 0 radical (unpaired) electrons. The molecule has 3 aromatic rings. The van der Waals surface area contributed by atoms with Gasteiger partial charge in [0, 0.05) is 31.6 Å². The maximum atomic E-state index is 13.3. The number of anilines is 1. The van der Waals surface area contributed by atoms with Crippen molar-refractivity contribution in [3.63, 3.8) is 0 Å². The van der Waals surface area contributed by atoms with Crippen molar-refractivity contribution in [2.75, 3.05) is 38.6 Å². The van der Waals surface area contributed by atoms with Crippen molar-refractivity contribution in [2.45, 2.75) is 51.9 Å². The number of carbonyl (C=O) groups is 2. The first-order valence-electron chi connectivity index (χ1n) is 13.6. The highest BCUT2D eigenvalue weighted by Crippen LogP contribution is 2.26. The molecule has 1 aliphatic heterocycles. The standard InChI is InChI=1S/C32H38N4O4/c1-32(2,3)40-31(38)35-16-14-29(15-17-35)39-28-12-10-27(11-13-28)36(30(37)22-34(4)5)21-24-7-9-25-8-6-23(20-33)18-26(25)19-24/h6-13,18-19,29H,14-17,21-22H2,1-5H3. The number of nitriles is 1. The van der Waals surface area contributed by atoms with Gasteiger partial charge in [-0.25, -0.2) is 4.79 Å². The third kappa shape index (κ3) is 7.73. The van der Waals surface area contributed by atoms with E-state index in [9.17, 15) is 14.9 Å². The van der Waals surface area contributed by atoms with Gasteiger partial charge in [-0.15, -0.1) is 0 Å². The highest BCUT2D eigenvalue weighted by molar-refractivity contribution is 5.95. The Labute approximate surface area is 236 Å². The minimum atomic E-state index is -0.511. The second-order valence-corrected chi connectivity index (χ2v) is 11.5. The lowest BCUT2D eigenvalue weighted by molar-refractivity contribution is -0.119. The third-order valence-corrected chi connectivity index (χ3v) is 6.67. The van der Waals surface area contributed by atoms with Crippen molar-refractivity contribution in [3.8, 4) is 11.8 Å². The number of likely N-dealkylation sites (N-methyl/N-ethyl adjacent to an activating group) is 1. The number of likely N-dealkylation sites (tertiary alicyclic amines) is 1. The Morgan fingerprint density at radius 1 is 0.975 bits per heavy atom. The molecule has 1 saturated heterocycles. The van der Waals surface area contributed by atoms with E-state index >= 15 is 0 Å². The molecule has 210 valence electrons. The second-order valence-electron chi connectivity index (χ2n) is 11.5. The van der Waals surface area contributed by atoms with Crippen LogP contribution in [-0.2, 0) is 16.1 Å². The van der Waals surface area contributed by atoms with Gasteiger partial charge in [0.25, 0.3) is 0 Å². The van der Waals surface area contributed by atoms with E-state index in [0.717, 1.165) is 40.6 Å². The summed E-state index contributed by atoms with van der Waals surface area (Å²) in [4.78, 5) is 31.0. The first kappa shape index (κ1) is 28.9. The molecule has 0 N–H and O–H groups in total. The number of ether oxygens (including phenoxy) is 2. The van der Waals surface area contributed by atoms with Crippen molar-refractivity contribution in [1.29, 1.82) is 5.26 Å². The van der Waals surface area contributed by atoms with Gasteiger partial charge in [0.15, 0.2) is 0 Å². The largest absolute Gasteiger partial charge is 0.490 e. The molecular formula is C32H38N4O4. The summed E-state index contributed by atoms with van der Waals surface area (Å²) in [6.45, 7) is 7.47. The molecule has 1 fully saturated rings. The molecule has 3 aromatic carbocycles. The molecule has 2 amide bonds. The Kier molecular flexibility index (Phi) is 8.96. The molecule has 40 heavy (non-hydrogen) atoms. The summed E-state index contributed by atoms with van der Waals surface area (Å²) in [5, 5.41) is 11.3. The summed E-state index contributed by atoms with van der Waals surface area (Å²) in [5.41, 5.74) is 1.86. The maximum Gasteiger partial charge on any atom is 0.410 e. The van der Waals surface area contributed by atoms with Gasteiger partial charge in [-0.3, -0.25) is 4.79 Å². The summed E-state index contributed by atoms with van der Waals surface area (Å²) in [5.74, 6) is 0.716. The van der Waals surface area contributed by atoms with Crippen LogP contribution in [0.3, 0.4) is 0 Å². The van der Waals surface area contributed by atoms with Crippen LogP contribution >= 0.6 is 0 Å². The average Bonchev–Trinajstić information content (AvgIpc) is 2.91. The van der Waals surface area contributed by atoms with Crippen LogP contribution in [0, 0.1) is 11.3 Å². The van der Waals surface area contributed by atoms with E-state index in [1.54, 1.807) is 9.80 Å². The summed E-state index contributed by atoms with van der Waals surface area (Å²) in [6.07, 6.45) is 1.18. The zero-order valence-electron chi connectivity index (χ0n) is 24.0. The molecule has 0 saturated carbocycles. The zero-order valence-corrected chi connectivity index (χ0v) is 24.0. The lowest BCUT2D eigenvalue weighted by Crippen LogP contribution is -2.44. The first-order valence-corrected chi connectivity index (χ1v) is 13.6. The van der Waals surface area contributed by atoms with Crippen molar-refractivity contribution >= 4 is 28.5 Å². The van der Waals surface area contributed by atoms with Crippen LogP contribution in [0.5, 0.6) is 5.75 Å². The number of hydrogen-bond donors (Lipinski definition) is 0. The number of rotatable bonds is 7. The SMILES string of the molecule is CN(C)CC(=O)N(Cc1ccc2ccc(C#N)cc2c1)c1ccc(OC2CCN(C(=O)OC(C)(C)C)CC2)cc1.